The van der Waals surface area contributed by atoms with E-state index in [2.05, 4.69) is 20.9 Å². The van der Waals surface area contributed by atoms with Crippen molar-refractivity contribution in [3.05, 3.63) is 102 Å². The summed E-state index contributed by atoms with van der Waals surface area (Å²) in [6, 6.07) is 19.3. The van der Waals surface area contributed by atoms with Crippen LogP contribution in [0.1, 0.15) is 16.7 Å². The lowest BCUT2D eigenvalue weighted by molar-refractivity contribution is -0.142. The number of para-hydroxylation sites is 1. The highest BCUT2D eigenvalue weighted by Gasteiger charge is 2.27. The van der Waals surface area contributed by atoms with Gasteiger partial charge >= 0.3 is 5.97 Å². The maximum absolute atomic E-state index is 13.2. The minimum atomic E-state index is -1.28. The zero-order valence-corrected chi connectivity index (χ0v) is 22.7. The van der Waals surface area contributed by atoms with Crippen molar-refractivity contribution in [3.8, 4) is 5.75 Å². The molecule has 0 aliphatic heterocycles. The minimum Gasteiger partial charge on any atom is -0.508 e. The van der Waals surface area contributed by atoms with Crippen LogP contribution >= 0.6 is 0 Å². The van der Waals surface area contributed by atoms with Gasteiger partial charge in [0.2, 0.25) is 17.7 Å². The normalized spacial score (nSPS) is 13.1. The monoisotopic (exact) mass is 571 g/mol. The summed E-state index contributed by atoms with van der Waals surface area (Å²) in [5.74, 6) is -3.08. The Kier molecular flexibility index (Phi) is 9.90. The first-order valence-electron chi connectivity index (χ1n) is 13.4. The second-order valence-corrected chi connectivity index (χ2v) is 9.97. The van der Waals surface area contributed by atoms with Crippen LogP contribution < -0.4 is 21.7 Å². The molecule has 0 fully saturated rings. The first-order chi connectivity index (χ1) is 20.2. The number of H-pyrrole nitrogens is 1. The number of fused-ring (bicyclic) bond motifs is 1. The van der Waals surface area contributed by atoms with E-state index in [0.717, 1.165) is 22.0 Å². The topological polar surface area (TPSA) is 187 Å². The van der Waals surface area contributed by atoms with Crippen molar-refractivity contribution in [2.75, 3.05) is 6.54 Å². The van der Waals surface area contributed by atoms with Gasteiger partial charge in [-0.3, -0.25) is 14.4 Å². The van der Waals surface area contributed by atoms with E-state index in [4.69, 9.17) is 5.73 Å². The molecule has 0 aliphatic rings. The Bertz CT molecular complexity index is 1540. The first-order valence-corrected chi connectivity index (χ1v) is 13.4. The van der Waals surface area contributed by atoms with E-state index in [1.165, 1.54) is 12.1 Å². The van der Waals surface area contributed by atoms with Crippen LogP contribution in [0.4, 0.5) is 0 Å². The number of benzene rings is 3. The van der Waals surface area contributed by atoms with Crippen LogP contribution in [-0.4, -0.2) is 63.6 Å². The number of carboxylic acid groups (broad SMARTS) is 1. The number of amides is 3. The van der Waals surface area contributed by atoms with Gasteiger partial charge in [0.1, 0.15) is 17.8 Å². The number of carboxylic acids is 1. The van der Waals surface area contributed by atoms with E-state index in [9.17, 15) is 29.4 Å². The molecule has 1 aromatic heterocycles. The summed E-state index contributed by atoms with van der Waals surface area (Å²) < 4.78 is 0. The molecule has 11 heteroatoms. The SMILES string of the molecule is NC(Cc1c[nH]c2ccccc12)C(=O)NCC(=O)NC(Cc1ccccc1)C(=O)NC(Cc1ccc(O)cc1)C(=O)O. The van der Waals surface area contributed by atoms with Crippen LogP contribution in [0.3, 0.4) is 0 Å². The number of phenols is 1. The molecule has 3 amide bonds. The number of hydrogen-bond donors (Lipinski definition) is 7. The molecule has 4 aromatic rings. The molecule has 0 saturated heterocycles. The fraction of sp³-hybridized carbons (Fsp3) is 0.226. The Labute approximate surface area is 242 Å². The molecule has 8 N–H and O–H groups in total. The Balaban J connectivity index is 1.37. The van der Waals surface area contributed by atoms with Crippen LogP contribution in [0.25, 0.3) is 10.9 Å². The lowest BCUT2D eigenvalue weighted by Crippen LogP contribution is -2.55. The number of nitrogens with one attached hydrogen (secondary N) is 4. The van der Waals surface area contributed by atoms with Crippen molar-refractivity contribution < 1.29 is 29.4 Å². The molecule has 3 atom stereocenters. The van der Waals surface area contributed by atoms with Gasteiger partial charge in [-0.1, -0.05) is 60.7 Å². The van der Waals surface area contributed by atoms with Crippen LogP contribution in [-0.2, 0) is 38.4 Å². The van der Waals surface area contributed by atoms with Gasteiger partial charge in [0, 0.05) is 29.9 Å². The van der Waals surface area contributed by atoms with E-state index >= 15 is 0 Å². The van der Waals surface area contributed by atoms with Crippen molar-refractivity contribution in [1.82, 2.24) is 20.9 Å². The third kappa shape index (κ3) is 8.18. The molecule has 3 aromatic carbocycles. The second-order valence-electron chi connectivity index (χ2n) is 9.97. The molecule has 4 rings (SSSR count). The summed E-state index contributed by atoms with van der Waals surface area (Å²) in [5, 5.41) is 27.8. The lowest BCUT2D eigenvalue weighted by atomic mass is 10.0. The molecule has 3 unspecified atom stereocenters. The van der Waals surface area contributed by atoms with Crippen molar-refractivity contribution in [3.63, 3.8) is 0 Å². The molecular formula is C31H33N5O6. The molecule has 11 nitrogen and oxygen atoms in total. The lowest BCUT2D eigenvalue weighted by Gasteiger charge is -2.22. The molecule has 42 heavy (non-hydrogen) atoms. The van der Waals surface area contributed by atoms with Gasteiger partial charge < -0.3 is 36.9 Å². The van der Waals surface area contributed by atoms with Gasteiger partial charge in [0.25, 0.3) is 0 Å². The summed E-state index contributed by atoms with van der Waals surface area (Å²) in [7, 11) is 0. The fourth-order valence-corrected chi connectivity index (χ4v) is 4.57. The molecule has 0 aliphatic carbocycles. The number of carbonyl (C=O) groups is 4. The van der Waals surface area contributed by atoms with E-state index in [0.29, 0.717) is 5.56 Å². The van der Waals surface area contributed by atoms with Crippen LogP contribution in [0, 0.1) is 0 Å². The third-order valence-electron chi connectivity index (χ3n) is 6.80. The van der Waals surface area contributed by atoms with Gasteiger partial charge in [-0.05, 0) is 41.3 Å². The average Bonchev–Trinajstić information content (AvgIpc) is 3.39. The highest BCUT2D eigenvalue weighted by molar-refractivity contribution is 5.93. The summed E-state index contributed by atoms with van der Waals surface area (Å²) in [5.41, 5.74) is 9.24. The molecule has 1 heterocycles. The summed E-state index contributed by atoms with van der Waals surface area (Å²) in [6.45, 7) is -0.422. The Hall–Kier alpha value is -5.16. The van der Waals surface area contributed by atoms with Crippen molar-refractivity contribution >= 4 is 34.6 Å². The average molecular weight is 572 g/mol. The maximum Gasteiger partial charge on any atom is 0.326 e. The number of aromatic nitrogens is 1. The van der Waals surface area contributed by atoms with E-state index in [1.807, 2.05) is 30.3 Å². The molecule has 218 valence electrons. The number of aliphatic carboxylic acids is 1. The summed E-state index contributed by atoms with van der Waals surface area (Å²) in [4.78, 5) is 53.8. The molecule has 0 bridgehead atoms. The van der Waals surface area contributed by atoms with Crippen LogP contribution in [0.15, 0.2) is 85.1 Å². The zero-order chi connectivity index (χ0) is 30.1. The number of phenolic OH excluding ortho intramolecular Hbond substituents is 1. The highest BCUT2D eigenvalue weighted by atomic mass is 16.4. The van der Waals surface area contributed by atoms with E-state index in [-0.39, 0.29) is 25.0 Å². The Morgan fingerprint density at radius 3 is 2.12 bits per heavy atom. The first kappa shape index (κ1) is 29.8. The summed E-state index contributed by atoms with van der Waals surface area (Å²) in [6.07, 6.45) is 2.12. The third-order valence-corrected chi connectivity index (χ3v) is 6.80. The number of nitrogens with two attached hydrogens (primary N) is 1. The number of rotatable bonds is 13. The number of aromatic amines is 1. The van der Waals surface area contributed by atoms with Gasteiger partial charge in [-0.2, -0.15) is 0 Å². The fourth-order valence-electron chi connectivity index (χ4n) is 4.57. The van der Waals surface area contributed by atoms with Gasteiger partial charge in [0.15, 0.2) is 0 Å². The second kappa shape index (κ2) is 14.0. The van der Waals surface area contributed by atoms with Crippen molar-refractivity contribution in [2.45, 2.75) is 37.4 Å². The van der Waals surface area contributed by atoms with Crippen LogP contribution in [0.2, 0.25) is 0 Å². The highest BCUT2D eigenvalue weighted by Crippen LogP contribution is 2.18. The molecule has 0 spiro atoms. The Morgan fingerprint density at radius 1 is 0.762 bits per heavy atom. The van der Waals surface area contributed by atoms with Gasteiger partial charge in [-0.25, -0.2) is 4.79 Å². The standard InChI is InChI=1S/C31H33N5O6/c32-24(16-21-17-33-25-9-5-4-8-23(21)25)29(39)34-18-28(38)35-26(14-19-6-2-1-3-7-19)30(40)36-27(31(41)42)15-20-10-12-22(37)13-11-20/h1-13,17,24,26-27,33,37H,14-16,18,32H2,(H,34,39)(H,35,38)(H,36,40)(H,41,42). The molecular weight excluding hydrogens is 538 g/mol. The largest absolute Gasteiger partial charge is 0.508 e. The Morgan fingerprint density at radius 2 is 1.40 bits per heavy atom. The predicted molar refractivity (Wildman–Crippen MR) is 156 cm³/mol. The number of hydrogen-bond acceptors (Lipinski definition) is 6. The molecule has 0 saturated carbocycles. The number of carbonyl (C=O) groups excluding carboxylic acids is 3. The van der Waals surface area contributed by atoms with Crippen LogP contribution in [0.5, 0.6) is 5.75 Å². The van der Waals surface area contributed by atoms with E-state index < -0.39 is 48.4 Å². The van der Waals surface area contributed by atoms with E-state index in [1.54, 1.807) is 42.6 Å². The molecule has 0 radical (unpaired) electrons. The maximum atomic E-state index is 13.2. The van der Waals surface area contributed by atoms with Crippen molar-refractivity contribution in [1.29, 1.82) is 0 Å². The summed E-state index contributed by atoms with van der Waals surface area (Å²) >= 11 is 0. The van der Waals surface area contributed by atoms with Crippen molar-refractivity contribution in [2.24, 2.45) is 5.73 Å². The smallest absolute Gasteiger partial charge is 0.326 e. The number of aromatic hydroxyl groups is 1. The van der Waals surface area contributed by atoms with Gasteiger partial charge in [-0.15, -0.1) is 0 Å². The predicted octanol–water partition coefficient (Wildman–Crippen LogP) is 1.40. The quantitative estimate of drug-likeness (QED) is 0.126. The minimum absolute atomic E-state index is 0.0300. The van der Waals surface area contributed by atoms with Gasteiger partial charge in [0.05, 0.1) is 12.6 Å². The zero-order valence-electron chi connectivity index (χ0n) is 22.7.